The molecule has 21 heavy (non-hydrogen) atoms. The van der Waals surface area contributed by atoms with Crippen LogP contribution >= 0.6 is 0 Å². The molecule has 8 heteroatoms. The minimum absolute atomic E-state index is 0.0894. The Balaban J connectivity index is 2.17. The molecule has 0 aliphatic carbocycles. The third-order valence-corrected chi connectivity index (χ3v) is 3.50. The monoisotopic (exact) mass is 294 g/mol. The van der Waals surface area contributed by atoms with E-state index in [9.17, 15) is 14.4 Å². The molecule has 5 N–H and O–H groups in total. The number of H-pyrrole nitrogens is 1. The van der Waals surface area contributed by atoms with Crippen LogP contribution in [0, 0.1) is 6.92 Å². The van der Waals surface area contributed by atoms with Crippen LogP contribution in [0.4, 0.5) is 10.5 Å². The molecule has 1 aromatic heterocycles. The summed E-state index contributed by atoms with van der Waals surface area (Å²) in [7, 11) is 0. The largest absolute Gasteiger partial charge is 0.477 e. The first kappa shape index (κ1) is 14.9. The number of amides is 3. The molecular weight excluding hydrogens is 276 g/mol. The van der Waals surface area contributed by atoms with Crippen molar-refractivity contribution < 1.29 is 19.5 Å². The summed E-state index contributed by atoms with van der Waals surface area (Å²) in [6.45, 7) is 2.11. The van der Waals surface area contributed by atoms with Crippen LogP contribution in [-0.4, -0.2) is 45.5 Å². The summed E-state index contributed by atoms with van der Waals surface area (Å²) in [5.41, 5.74) is 6.02. The van der Waals surface area contributed by atoms with Crippen molar-refractivity contribution in [3.8, 4) is 0 Å². The van der Waals surface area contributed by atoms with E-state index in [4.69, 9.17) is 10.8 Å². The number of nitrogens with zero attached hydrogens (tertiary/aromatic N) is 1. The minimum Gasteiger partial charge on any atom is -0.477 e. The molecule has 1 unspecified atom stereocenters. The molecule has 1 fully saturated rings. The zero-order chi connectivity index (χ0) is 15.6. The zero-order valence-corrected chi connectivity index (χ0v) is 11.7. The van der Waals surface area contributed by atoms with E-state index in [2.05, 4.69) is 10.3 Å². The maximum atomic E-state index is 12.3. The number of nitrogens with one attached hydrogen (secondary N) is 2. The molecule has 3 amide bonds. The highest BCUT2D eigenvalue weighted by Crippen LogP contribution is 2.21. The van der Waals surface area contributed by atoms with Crippen molar-refractivity contribution >= 4 is 23.6 Å². The normalized spacial score (nSPS) is 18.3. The lowest BCUT2D eigenvalue weighted by molar-refractivity contribution is -0.123. The molecule has 1 atom stereocenters. The number of anilines is 1. The van der Waals surface area contributed by atoms with E-state index in [0.29, 0.717) is 18.7 Å². The Kier molecular flexibility index (Phi) is 4.15. The maximum Gasteiger partial charge on any atom is 0.354 e. The topological polar surface area (TPSA) is 129 Å². The second-order valence-electron chi connectivity index (χ2n) is 5.08. The van der Waals surface area contributed by atoms with Gasteiger partial charge in [0.05, 0.1) is 5.69 Å². The summed E-state index contributed by atoms with van der Waals surface area (Å²) in [4.78, 5) is 38.8. The minimum atomic E-state index is -1.16. The zero-order valence-electron chi connectivity index (χ0n) is 11.7. The van der Waals surface area contributed by atoms with Gasteiger partial charge in [-0.2, -0.15) is 0 Å². The SMILES string of the molecule is Cc1cc(NC(=O)N2CCCCC2C(N)=O)c(C(=O)O)[nH]1. The highest BCUT2D eigenvalue weighted by atomic mass is 16.4. The summed E-state index contributed by atoms with van der Waals surface area (Å²) >= 11 is 0. The fourth-order valence-electron chi connectivity index (χ4n) is 2.51. The standard InChI is InChI=1S/C13H18N4O4/c1-7-6-8(10(15-7)12(19)20)16-13(21)17-5-3-2-4-9(17)11(14)18/h6,9,15H,2-5H2,1H3,(H2,14,18)(H,16,21)(H,19,20). The Morgan fingerprint density at radius 1 is 1.43 bits per heavy atom. The average Bonchev–Trinajstić information content (AvgIpc) is 2.79. The van der Waals surface area contributed by atoms with Crippen molar-refractivity contribution in [3.05, 3.63) is 17.5 Å². The van der Waals surface area contributed by atoms with Crippen molar-refractivity contribution in [2.45, 2.75) is 32.2 Å². The Morgan fingerprint density at radius 2 is 2.14 bits per heavy atom. The van der Waals surface area contributed by atoms with E-state index in [1.165, 1.54) is 11.0 Å². The molecule has 1 aromatic rings. The van der Waals surface area contributed by atoms with Crippen molar-refractivity contribution in [1.82, 2.24) is 9.88 Å². The van der Waals surface area contributed by atoms with Crippen LogP contribution in [0.3, 0.4) is 0 Å². The van der Waals surface area contributed by atoms with E-state index in [1.807, 2.05) is 0 Å². The molecule has 0 radical (unpaired) electrons. The van der Waals surface area contributed by atoms with Crippen LogP contribution < -0.4 is 11.1 Å². The van der Waals surface area contributed by atoms with E-state index < -0.39 is 23.9 Å². The van der Waals surface area contributed by atoms with Crippen LogP contribution in [-0.2, 0) is 4.79 Å². The quantitative estimate of drug-likeness (QED) is 0.659. The molecular formula is C13H18N4O4. The van der Waals surface area contributed by atoms with Gasteiger partial charge in [0.15, 0.2) is 0 Å². The van der Waals surface area contributed by atoms with Crippen molar-refractivity contribution in [2.24, 2.45) is 5.73 Å². The Labute approximate surface area is 121 Å². The van der Waals surface area contributed by atoms with E-state index in [0.717, 1.165) is 12.8 Å². The summed E-state index contributed by atoms with van der Waals surface area (Å²) in [5, 5.41) is 11.6. The second kappa shape index (κ2) is 5.86. The average molecular weight is 294 g/mol. The molecule has 0 bridgehead atoms. The molecule has 1 aliphatic heterocycles. The van der Waals surface area contributed by atoms with Gasteiger partial charge in [-0.3, -0.25) is 4.79 Å². The Morgan fingerprint density at radius 3 is 2.76 bits per heavy atom. The van der Waals surface area contributed by atoms with Gasteiger partial charge in [-0.1, -0.05) is 0 Å². The molecule has 2 rings (SSSR count). The van der Waals surface area contributed by atoms with Gasteiger partial charge < -0.3 is 26.0 Å². The van der Waals surface area contributed by atoms with Crippen molar-refractivity contribution in [2.75, 3.05) is 11.9 Å². The molecule has 0 aromatic carbocycles. The number of aryl methyl sites for hydroxylation is 1. The van der Waals surface area contributed by atoms with E-state index in [-0.39, 0.29) is 11.4 Å². The predicted molar refractivity (Wildman–Crippen MR) is 75.0 cm³/mol. The number of carboxylic acids is 1. The van der Waals surface area contributed by atoms with E-state index >= 15 is 0 Å². The number of carboxylic acid groups (broad SMARTS) is 1. The molecule has 1 saturated heterocycles. The summed E-state index contributed by atoms with van der Waals surface area (Å²) in [5.74, 6) is -1.71. The summed E-state index contributed by atoms with van der Waals surface area (Å²) in [6.07, 6.45) is 2.15. The number of rotatable bonds is 3. The fourth-order valence-corrected chi connectivity index (χ4v) is 2.51. The number of carbonyl (C=O) groups is 3. The molecule has 1 aliphatic rings. The molecule has 114 valence electrons. The lowest BCUT2D eigenvalue weighted by atomic mass is 10.0. The van der Waals surface area contributed by atoms with Gasteiger partial charge >= 0.3 is 12.0 Å². The van der Waals surface area contributed by atoms with Gasteiger partial charge in [0.1, 0.15) is 11.7 Å². The van der Waals surface area contributed by atoms with Crippen LogP contribution in [0.15, 0.2) is 6.07 Å². The highest BCUT2D eigenvalue weighted by molar-refractivity contribution is 6.00. The maximum absolute atomic E-state index is 12.3. The van der Waals surface area contributed by atoms with Gasteiger partial charge in [-0.25, -0.2) is 9.59 Å². The number of urea groups is 1. The number of hydrogen-bond acceptors (Lipinski definition) is 3. The number of primary amides is 1. The van der Waals surface area contributed by atoms with Crippen LogP contribution in [0.2, 0.25) is 0 Å². The first-order valence-electron chi connectivity index (χ1n) is 6.70. The van der Waals surface area contributed by atoms with Gasteiger partial charge in [0, 0.05) is 12.2 Å². The van der Waals surface area contributed by atoms with Gasteiger partial charge in [-0.05, 0) is 32.3 Å². The number of aromatic nitrogens is 1. The fraction of sp³-hybridized carbons (Fsp3) is 0.462. The number of aromatic amines is 1. The van der Waals surface area contributed by atoms with Crippen LogP contribution in [0.1, 0.15) is 35.4 Å². The first-order chi connectivity index (χ1) is 9.90. The Bertz CT molecular complexity index is 581. The predicted octanol–water partition coefficient (Wildman–Crippen LogP) is 0.893. The lowest BCUT2D eigenvalue weighted by Gasteiger charge is -2.33. The van der Waals surface area contributed by atoms with E-state index in [1.54, 1.807) is 6.92 Å². The third-order valence-electron chi connectivity index (χ3n) is 3.50. The first-order valence-corrected chi connectivity index (χ1v) is 6.70. The van der Waals surface area contributed by atoms with Gasteiger partial charge in [0.25, 0.3) is 0 Å². The number of carbonyl (C=O) groups excluding carboxylic acids is 2. The van der Waals surface area contributed by atoms with Gasteiger partial charge in [-0.15, -0.1) is 0 Å². The number of aromatic carboxylic acids is 1. The second-order valence-corrected chi connectivity index (χ2v) is 5.08. The lowest BCUT2D eigenvalue weighted by Crippen LogP contribution is -2.51. The van der Waals surface area contributed by atoms with Crippen LogP contribution in [0.5, 0.6) is 0 Å². The van der Waals surface area contributed by atoms with Crippen LogP contribution in [0.25, 0.3) is 0 Å². The van der Waals surface area contributed by atoms with Crippen molar-refractivity contribution in [1.29, 1.82) is 0 Å². The number of nitrogens with two attached hydrogens (primary N) is 1. The molecule has 8 nitrogen and oxygen atoms in total. The highest BCUT2D eigenvalue weighted by Gasteiger charge is 2.31. The summed E-state index contributed by atoms with van der Waals surface area (Å²) in [6, 6.07) is 0.372. The van der Waals surface area contributed by atoms with Gasteiger partial charge in [0.2, 0.25) is 5.91 Å². The third kappa shape index (κ3) is 3.15. The number of piperidine rings is 1. The summed E-state index contributed by atoms with van der Waals surface area (Å²) < 4.78 is 0. The molecule has 2 heterocycles. The smallest absolute Gasteiger partial charge is 0.354 e. The van der Waals surface area contributed by atoms with Crippen molar-refractivity contribution in [3.63, 3.8) is 0 Å². The Hall–Kier alpha value is -2.51. The number of hydrogen-bond donors (Lipinski definition) is 4. The molecule has 0 saturated carbocycles. The molecule has 0 spiro atoms. The number of likely N-dealkylation sites (tertiary alicyclic amines) is 1.